The second-order valence-corrected chi connectivity index (χ2v) is 9.27. The molecule has 0 saturated carbocycles. The number of amides is 2. The van der Waals surface area contributed by atoms with Crippen LogP contribution in [0.1, 0.15) is 47.2 Å². The molecule has 1 atom stereocenters. The van der Waals surface area contributed by atoms with Crippen molar-refractivity contribution in [3.63, 3.8) is 0 Å². The molecular formula is C23H26BrN5O2S. The average Bonchev–Trinajstić information content (AvgIpc) is 3.14. The molecule has 0 aliphatic carbocycles. The number of anilines is 1. The molecule has 2 amide bonds. The van der Waals surface area contributed by atoms with Gasteiger partial charge in [0.05, 0.1) is 17.4 Å². The number of benzene rings is 2. The van der Waals surface area contributed by atoms with Gasteiger partial charge in [-0.2, -0.15) is 0 Å². The highest BCUT2D eigenvalue weighted by Crippen LogP contribution is 2.22. The van der Waals surface area contributed by atoms with Crippen molar-refractivity contribution in [2.75, 3.05) is 11.1 Å². The highest BCUT2D eigenvalue weighted by atomic mass is 79.9. The maximum atomic E-state index is 12.6. The average molecular weight is 516 g/mol. The van der Waals surface area contributed by atoms with Crippen LogP contribution in [0.15, 0.2) is 52.1 Å². The van der Waals surface area contributed by atoms with E-state index in [0.717, 1.165) is 21.3 Å². The van der Waals surface area contributed by atoms with Gasteiger partial charge in [-0.25, -0.2) is 0 Å². The van der Waals surface area contributed by atoms with Crippen LogP contribution in [0, 0.1) is 13.8 Å². The number of aromatic nitrogens is 3. The minimum Gasteiger partial charge on any atom is -0.342 e. The summed E-state index contributed by atoms with van der Waals surface area (Å²) in [5, 5.41) is 15.1. The summed E-state index contributed by atoms with van der Waals surface area (Å²) in [6, 6.07) is 12.9. The SMILES string of the molecule is CCn1c(SCC(=O)Nc2cc(C)cc(C)c2)nnc1[C@H](C)NC(=O)c1ccccc1Br. The number of hydrogen-bond acceptors (Lipinski definition) is 5. The monoisotopic (exact) mass is 515 g/mol. The predicted octanol–water partition coefficient (Wildman–Crippen LogP) is 4.90. The molecule has 0 aliphatic heterocycles. The molecule has 0 spiro atoms. The molecule has 0 unspecified atom stereocenters. The third kappa shape index (κ3) is 5.98. The van der Waals surface area contributed by atoms with Gasteiger partial charge in [-0.3, -0.25) is 9.59 Å². The second kappa shape index (κ2) is 10.8. The third-order valence-corrected chi connectivity index (χ3v) is 6.41. The van der Waals surface area contributed by atoms with Crippen LogP contribution >= 0.6 is 27.7 Å². The van der Waals surface area contributed by atoms with Crippen LogP contribution < -0.4 is 10.6 Å². The molecule has 3 aromatic rings. The summed E-state index contributed by atoms with van der Waals surface area (Å²) in [6.45, 7) is 8.47. The van der Waals surface area contributed by atoms with E-state index < -0.39 is 0 Å². The molecule has 168 valence electrons. The molecule has 2 N–H and O–H groups in total. The highest BCUT2D eigenvalue weighted by Gasteiger charge is 2.21. The van der Waals surface area contributed by atoms with Crippen molar-refractivity contribution in [3.8, 4) is 0 Å². The van der Waals surface area contributed by atoms with Crippen molar-refractivity contribution in [2.24, 2.45) is 0 Å². The second-order valence-electron chi connectivity index (χ2n) is 7.47. The fourth-order valence-corrected chi connectivity index (χ4v) is 4.66. The van der Waals surface area contributed by atoms with Crippen molar-refractivity contribution in [2.45, 2.75) is 45.4 Å². The van der Waals surface area contributed by atoms with Crippen LogP contribution in [0.3, 0.4) is 0 Å². The summed E-state index contributed by atoms with van der Waals surface area (Å²) in [4.78, 5) is 25.1. The Hall–Kier alpha value is -2.65. The van der Waals surface area contributed by atoms with E-state index >= 15 is 0 Å². The van der Waals surface area contributed by atoms with Crippen LogP contribution in [0.4, 0.5) is 5.69 Å². The van der Waals surface area contributed by atoms with Crippen molar-refractivity contribution in [3.05, 3.63) is 69.5 Å². The smallest absolute Gasteiger partial charge is 0.253 e. The standard InChI is InChI=1S/C23H26BrN5O2S/c1-5-29-21(16(4)25-22(31)18-8-6-7-9-19(18)24)27-28-23(29)32-13-20(30)26-17-11-14(2)10-15(3)12-17/h6-12,16H,5,13H2,1-4H3,(H,25,31)(H,26,30)/t16-/m0/s1. The van der Waals surface area contributed by atoms with E-state index in [-0.39, 0.29) is 23.6 Å². The van der Waals surface area contributed by atoms with Gasteiger partial charge in [-0.1, -0.05) is 30.0 Å². The zero-order chi connectivity index (χ0) is 23.3. The lowest BCUT2D eigenvalue weighted by atomic mass is 10.1. The molecule has 0 saturated heterocycles. The van der Waals surface area contributed by atoms with E-state index in [0.29, 0.717) is 23.1 Å². The number of rotatable bonds is 8. The first-order valence-electron chi connectivity index (χ1n) is 10.3. The summed E-state index contributed by atoms with van der Waals surface area (Å²) < 4.78 is 2.65. The number of halogens is 1. The van der Waals surface area contributed by atoms with Crippen molar-refractivity contribution in [1.82, 2.24) is 20.1 Å². The molecule has 3 rings (SSSR count). The molecule has 32 heavy (non-hydrogen) atoms. The summed E-state index contributed by atoms with van der Waals surface area (Å²) in [5.74, 6) is 0.549. The van der Waals surface area contributed by atoms with E-state index in [1.165, 1.54) is 11.8 Å². The number of hydrogen-bond donors (Lipinski definition) is 2. The lowest BCUT2D eigenvalue weighted by Crippen LogP contribution is -2.29. The molecular weight excluding hydrogens is 490 g/mol. The van der Waals surface area contributed by atoms with E-state index in [4.69, 9.17) is 0 Å². The fourth-order valence-electron chi connectivity index (χ4n) is 3.38. The Morgan fingerprint density at radius 3 is 2.47 bits per heavy atom. The van der Waals surface area contributed by atoms with Gasteiger partial charge in [-0.15, -0.1) is 10.2 Å². The minimum atomic E-state index is -0.347. The maximum absolute atomic E-state index is 12.6. The van der Waals surface area contributed by atoms with Crippen molar-refractivity contribution in [1.29, 1.82) is 0 Å². The van der Waals surface area contributed by atoms with Crippen molar-refractivity contribution >= 4 is 45.2 Å². The number of carbonyl (C=O) groups excluding carboxylic acids is 2. The van der Waals surface area contributed by atoms with E-state index in [2.05, 4.69) is 42.8 Å². The van der Waals surface area contributed by atoms with Gasteiger partial charge >= 0.3 is 0 Å². The molecule has 1 aromatic heterocycles. The Morgan fingerprint density at radius 1 is 1.12 bits per heavy atom. The minimum absolute atomic E-state index is 0.109. The van der Waals surface area contributed by atoms with Gasteiger partial charge in [0.15, 0.2) is 11.0 Å². The molecule has 0 radical (unpaired) electrons. The maximum Gasteiger partial charge on any atom is 0.253 e. The largest absolute Gasteiger partial charge is 0.342 e. The number of carbonyl (C=O) groups is 2. The summed E-state index contributed by atoms with van der Waals surface area (Å²) in [6.07, 6.45) is 0. The van der Waals surface area contributed by atoms with E-state index in [9.17, 15) is 9.59 Å². The number of aryl methyl sites for hydroxylation is 2. The summed E-state index contributed by atoms with van der Waals surface area (Å²) in [5.41, 5.74) is 3.54. The van der Waals surface area contributed by atoms with Gasteiger partial charge in [0, 0.05) is 16.7 Å². The van der Waals surface area contributed by atoms with Crippen LogP contribution in [-0.2, 0) is 11.3 Å². The van der Waals surface area contributed by atoms with Gasteiger partial charge in [-0.05, 0) is 79.0 Å². The first kappa shape index (κ1) is 24.0. The lowest BCUT2D eigenvalue weighted by Gasteiger charge is -2.15. The topological polar surface area (TPSA) is 88.9 Å². The molecule has 0 fully saturated rings. The number of nitrogens with one attached hydrogen (secondary N) is 2. The molecule has 0 bridgehead atoms. The molecule has 9 heteroatoms. The highest BCUT2D eigenvalue weighted by molar-refractivity contribution is 9.10. The molecule has 0 aliphatic rings. The first-order valence-corrected chi connectivity index (χ1v) is 12.1. The Labute approximate surface area is 200 Å². The summed E-state index contributed by atoms with van der Waals surface area (Å²) in [7, 11) is 0. The molecule has 1 heterocycles. The predicted molar refractivity (Wildman–Crippen MR) is 131 cm³/mol. The van der Waals surface area contributed by atoms with Crippen molar-refractivity contribution < 1.29 is 9.59 Å². The van der Waals surface area contributed by atoms with Gasteiger partial charge < -0.3 is 15.2 Å². The third-order valence-electron chi connectivity index (χ3n) is 4.75. The Morgan fingerprint density at radius 2 is 1.81 bits per heavy atom. The Bertz CT molecular complexity index is 1110. The Balaban J connectivity index is 1.64. The fraction of sp³-hybridized carbons (Fsp3) is 0.304. The number of nitrogens with zero attached hydrogens (tertiary/aromatic N) is 3. The first-order chi connectivity index (χ1) is 15.3. The Kier molecular flexibility index (Phi) is 8.09. The zero-order valence-electron chi connectivity index (χ0n) is 18.5. The van der Waals surface area contributed by atoms with Crippen LogP contribution in [0.25, 0.3) is 0 Å². The van der Waals surface area contributed by atoms with Crippen LogP contribution in [-0.4, -0.2) is 32.3 Å². The lowest BCUT2D eigenvalue weighted by molar-refractivity contribution is -0.113. The molecule has 7 nitrogen and oxygen atoms in total. The zero-order valence-corrected chi connectivity index (χ0v) is 20.9. The van der Waals surface area contributed by atoms with Crippen LogP contribution in [0.5, 0.6) is 0 Å². The van der Waals surface area contributed by atoms with Gasteiger partial charge in [0.1, 0.15) is 0 Å². The van der Waals surface area contributed by atoms with Gasteiger partial charge in [0.2, 0.25) is 5.91 Å². The number of thioether (sulfide) groups is 1. The normalized spacial score (nSPS) is 11.8. The summed E-state index contributed by atoms with van der Waals surface area (Å²) >= 11 is 4.73. The van der Waals surface area contributed by atoms with E-state index in [1.54, 1.807) is 6.07 Å². The van der Waals surface area contributed by atoms with Crippen LogP contribution in [0.2, 0.25) is 0 Å². The van der Waals surface area contributed by atoms with E-state index in [1.807, 2.05) is 62.6 Å². The van der Waals surface area contributed by atoms with Gasteiger partial charge in [0.25, 0.3) is 5.91 Å². The molecule has 2 aromatic carbocycles. The quantitative estimate of drug-likeness (QED) is 0.416.